The summed E-state index contributed by atoms with van der Waals surface area (Å²) >= 11 is 0. The fourth-order valence-electron chi connectivity index (χ4n) is 1.49. The smallest absolute Gasteiger partial charge is 0.249 e. The number of hydrogen-bond acceptors (Lipinski definition) is 3. The molecule has 0 bridgehead atoms. The molecule has 0 spiro atoms. The number of rotatable bonds is 4. The minimum atomic E-state index is -0.347. The van der Waals surface area contributed by atoms with Crippen LogP contribution in [-0.2, 0) is 9.59 Å². The summed E-state index contributed by atoms with van der Waals surface area (Å²) in [5.41, 5.74) is 0.812. The minimum Gasteiger partial charge on any atom is -0.374 e. The number of carbonyl (C=O) groups is 2. The van der Waals surface area contributed by atoms with E-state index in [2.05, 4.69) is 17.2 Å². The summed E-state index contributed by atoms with van der Waals surface area (Å²) in [5, 5.41) is 5.37. The van der Waals surface area contributed by atoms with Crippen LogP contribution in [0.3, 0.4) is 0 Å². The van der Waals surface area contributed by atoms with Gasteiger partial charge in [0.1, 0.15) is 6.04 Å². The van der Waals surface area contributed by atoms with Crippen LogP contribution in [0.1, 0.15) is 19.8 Å². The highest BCUT2D eigenvalue weighted by atomic mass is 16.2. The molecule has 0 radical (unpaired) electrons. The zero-order valence-corrected chi connectivity index (χ0v) is 9.32. The van der Waals surface area contributed by atoms with Gasteiger partial charge >= 0.3 is 0 Å². The number of allylic oxidation sites excluding steroid dienone is 4. The van der Waals surface area contributed by atoms with Crippen molar-refractivity contribution in [3.05, 3.63) is 36.6 Å². The standard InChI is InChI=1S/C12H16N2O2/c1-3-5-9(6-4-2)13-10-7-8-11(15)14-12(10)16/h3-6,10,13H,1,7-8H2,2H3,(H,14,15,16)/b6-4-,9-5+. The molecule has 1 aliphatic rings. The third-order valence-corrected chi connectivity index (χ3v) is 2.22. The Morgan fingerprint density at radius 2 is 2.31 bits per heavy atom. The summed E-state index contributed by atoms with van der Waals surface area (Å²) in [7, 11) is 0. The second kappa shape index (κ2) is 5.90. The molecule has 1 unspecified atom stereocenters. The van der Waals surface area contributed by atoms with Gasteiger partial charge in [0.15, 0.2) is 0 Å². The minimum absolute atomic E-state index is 0.205. The SMILES string of the molecule is C=C/C=C(\C=C/C)NC1CCC(=O)NC1=O. The molecule has 1 rings (SSSR count). The molecule has 1 aliphatic heterocycles. The lowest BCUT2D eigenvalue weighted by Gasteiger charge is -2.23. The van der Waals surface area contributed by atoms with Crippen molar-refractivity contribution in [3.8, 4) is 0 Å². The Bertz CT molecular complexity index is 356. The van der Waals surface area contributed by atoms with Crippen LogP contribution in [0.25, 0.3) is 0 Å². The van der Waals surface area contributed by atoms with E-state index in [0.717, 1.165) is 5.70 Å². The van der Waals surface area contributed by atoms with Crippen molar-refractivity contribution in [2.75, 3.05) is 0 Å². The Hall–Kier alpha value is -1.84. The van der Waals surface area contributed by atoms with Gasteiger partial charge in [0.25, 0.3) is 0 Å². The lowest BCUT2D eigenvalue weighted by atomic mass is 10.1. The number of hydrogen-bond donors (Lipinski definition) is 2. The van der Waals surface area contributed by atoms with Crippen LogP contribution in [0.2, 0.25) is 0 Å². The van der Waals surface area contributed by atoms with Gasteiger partial charge in [-0.05, 0) is 25.5 Å². The molecule has 0 aromatic heterocycles. The van der Waals surface area contributed by atoms with Gasteiger partial charge in [0, 0.05) is 12.1 Å². The van der Waals surface area contributed by atoms with Crippen LogP contribution >= 0.6 is 0 Å². The molecule has 2 N–H and O–H groups in total. The molecule has 4 heteroatoms. The van der Waals surface area contributed by atoms with E-state index in [0.29, 0.717) is 12.8 Å². The van der Waals surface area contributed by atoms with Gasteiger partial charge in [-0.25, -0.2) is 0 Å². The molecule has 1 atom stereocenters. The maximum Gasteiger partial charge on any atom is 0.249 e. The van der Waals surface area contributed by atoms with Crippen molar-refractivity contribution in [1.29, 1.82) is 0 Å². The van der Waals surface area contributed by atoms with E-state index in [1.54, 1.807) is 12.2 Å². The third-order valence-electron chi connectivity index (χ3n) is 2.22. The Morgan fingerprint density at radius 1 is 1.56 bits per heavy atom. The van der Waals surface area contributed by atoms with E-state index in [4.69, 9.17) is 0 Å². The molecule has 86 valence electrons. The molecule has 0 aromatic rings. The van der Waals surface area contributed by atoms with Crippen molar-refractivity contribution in [2.45, 2.75) is 25.8 Å². The Morgan fingerprint density at radius 3 is 2.88 bits per heavy atom. The van der Waals surface area contributed by atoms with E-state index in [9.17, 15) is 9.59 Å². The average molecular weight is 220 g/mol. The number of piperidine rings is 1. The van der Waals surface area contributed by atoms with Crippen LogP contribution in [0.5, 0.6) is 0 Å². The summed E-state index contributed by atoms with van der Waals surface area (Å²) < 4.78 is 0. The first-order valence-corrected chi connectivity index (χ1v) is 5.23. The maximum absolute atomic E-state index is 11.5. The van der Waals surface area contributed by atoms with E-state index in [1.165, 1.54) is 0 Å². The predicted molar refractivity (Wildman–Crippen MR) is 62.4 cm³/mol. The van der Waals surface area contributed by atoms with Crippen molar-refractivity contribution >= 4 is 11.8 Å². The maximum atomic E-state index is 11.5. The lowest BCUT2D eigenvalue weighted by Crippen LogP contribution is -2.50. The third kappa shape index (κ3) is 3.38. The summed E-state index contributed by atoms with van der Waals surface area (Å²) in [4.78, 5) is 22.4. The van der Waals surface area contributed by atoms with Crippen molar-refractivity contribution in [3.63, 3.8) is 0 Å². The molecule has 2 amide bonds. The summed E-state index contributed by atoms with van der Waals surface area (Å²) in [6.45, 7) is 5.49. The van der Waals surface area contributed by atoms with Gasteiger partial charge in [-0.3, -0.25) is 14.9 Å². The largest absolute Gasteiger partial charge is 0.374 e. The summed E-state index contributed by atoms with van der Waals surface area (Å²) in [6.07, 6.45) is 8.05. The monoisotopic (exact) mass is 220 g/mol. The fraction of sp³-hybridized carbons (Fsp3) is 0.333. The zero-order chi connectivity index (χ0) is 12.0. The Labute approximate surface area is 95.1 Å². The van der Waals surface area contributed by atoms with E-state index in [1.807, 2.05) is 19.1 Å². The molecule has 0 aliphatic carbocycles. The van der Waals surface area contributed by atoms with Crippen LogP contribution in [0.15, 0.2) is 36.6 Å². The fourth-order valence-corrected chi connectivity index (χ4v) is 1.49. The highest BCUT2D eigenvalue weighted by molar-refractivity contribution is 6.00. The molecule has 0 saturated carbocycles. The molecule has 0 aromatic carbocycles. The molecule has 1 fully saturated rings. The molecule has 1 saturated heterocycles. The van der Waals surface area contributed by atoms with Crippen molar-refractivity contribution in [2.24, 2.45) is 0 Å². The highest BCUT2D eigenvalue weighted by Crippen LogP contribution is 2.07. The number of carbonyl (C=O) groups excluding carboxylic acids is 2. The molecule has 16 heavy (non-hydrogen) atoms. The van der Waals surface area contributed by atoms with E-state index in [-0.39, 0.29) is 17.9 Å². The summed E-state index contributed by atoms with van der Waals surface area (Å²) in [6, 6.07) is -0.347. The van der Waals surface area contributed by atoms with Crippen LogP contribution in [0, 0.1) is 0 Å². The number of nitrogens with one attached hydrogen (secondary N) is 2. The van der Waals surface area contributed by atoms with Crippen LogP contribution < -0.4 is 10.6 Å². The number of imide groups is 1. The highest BCUT2D eigenvalue weighted by Gasteiger charge is 2.26. The Balaban J connectivity index is 2.65. The zero-order valence-electron chi connectivity index (χ0n) is 9.32. The van der Waals surface area contributed by atoms with Crippen molar-refractivity contribution < 1.29 is 9.59 Å². The van der Waals surface area contributed by atoms with Crippen LogP contribution in [0.4, 0.5) is 0 Å². The topological polar surface area (TPSA) is 58.2 Å². The first-order chi connectivity index (χ1) is 7.67. The first-order valence-electron chi connectivity index (χ1n) is 5.23. The lowest BCUT2D eigenvalue weighted by molar-refractivity contribution is -0.134. The van der Waals surface area contributed by atoms with Gasteiger partial charge in [0.05, 0.1) is 0 Å². The average Bonchev–Trinajstić information content (AvgIpc) is 2.23. The van der Waals surface area contributed by atoms with Gasteiger partial charge in [-0.2, -0.15) is 0 Å². The van der Waals surface area contributed by atoms with Gasteiger partial charge in [0.2, 0.25) is 11.8 Å². The molecular formula is C12H16N2O2. The second-order valence-electron chi connectivity index (χ2n) is 3.51. The molecular weight excluding hydrogens is 204 g/mol. The molecule has 1 heterocycles. The second-order valence-corrected chi connectivity index (χ2v) is 3.51. The number of amides is 2. The predicted octanol–water partition coefficient (Wildman–Crippen LogP) is 1.03. The normalized spacial score (nSPS) is 22.1. The molecule has 4 nitrogen and oxygen atoms in total. The Kier molecular flexibility index (Phi) is 4.51. The quantitative estimate of drug-likeness (QED) is 0.549. The van der Waals surface area contributed by atoms with Gasteiger partial charge < -0.3 is 5.32 Å². The van der Waals surface area contributed by atoms with E-state index < -0.39 is 0 Å². The van der Waals surface area contributed by atoms with E-state index >= 15 is 0 Å². The van der Waals surface area contributed by atoms with Crippen LogP contribution in [-0.4, -0.2) is 17.9 Å². The first kappa shape index (κ1) is 12.2. The van der Waals surface area contributed by atoms with Gasteiger partial charge in [-0.1, -0.05) is 18.7 Å². The van der Waals surface area contributed by atoms with Gasteiger partial charge in [-0.15, -0.1) is 0 Å². The summed E-state index contributed by atoms with van der Waals surface area (Å²) in [5.74, 6) is -0.473. The van der Waals surface area contributed by atoms with Crippen molar-refractivity contribution in [1.82, 2.24) is 10.6 Å².